The number of anilines is 1. The Morgan fingerprint density at radius 2 is 2.29 bits per heavy atom. The fourth-order valence-corrected chi connectivity index (χ4v) is 3.65. The van der Waals surface area contributed by atoms with Gasteiger partial charge in [0.05, 0.1) is 0 Å². The summed E-state index contributed by atoms with van der Waals surface area (Å²) in [5, 5.41) is 3.41. The number of urea groups is 1. The topological polar surface area (TPSA) is 45.5 Å². The molecule has 110 valence electrons. The van der Waals surface area contributed by atoms with Crippen molar-refractivity contribution in [2.45, 2.75) is 12.3 Å². The molecule has 2 amide bonds. The van der Waals surface area contributed by atoms with Crippen molar-refractivity contribution in [1.29, 1.82) is 0 Å². The Labute approximate surface area is 132 Å². The van der Waals surface area contributed by atoms with Crippen molar-refractivity contribution < 1.29 is 9.21 Å². The lowest BCUT2D eigenvalue weighted by molar-refractivity contribution is 0.209. The highest BCUT2D eigenvalue weighted by atomic mass is 35.5. The van der Waals surface area contributed by atoms with E-state index in [2.05, 4.69) is 5.32 Å². The van der Waals surface area contributed by atoms with E-state index in [0.29, 0.717) is 17.3 Å². The van der Waals surface area contributed by atoms with Crippen LogP contribution in [0.5, 0.6) is 0 Å². The molecule has 1 N–H and O–H groups in total. The molecule has 1 aliphatic rings. The summed E-state index contributed by atoms with van der Waals surface area (Å²) >= 11 is 7.64. The average molecular weight is 323 g/mol. The second kappa shape index (κ2) is 6.03. The summed E-state index contributed by atoms with van der Waals surface area (Å²) < 4.78 is 5.65. The Bertz CT molecular complexity index is 659. The number of hydrogen-bond donors (Lipinski definition) is 1. The van der Waals surface area contributed by atoms with Gasteiger partial charge in [-0.15, -0.1) is 11.8 Å². The number of carbonyl (C=O) groups is 1. The van der Waals surface area contributed by atoms with Gasteiger partial charge >= 0.3 is 6.03 Å². The van der Waals surface area contributed by atoms with Gasteiger partial charge in [-0.25, -0.2) is 4.79 Å². The highest BCUT2D eigenvalue weighted by Gasteiger charge is 2.32. The van der Waals surface area contributed by atoms with Crippen molar-refractivity contribution in [1.82, 2.24) is 4.90 Å². The van der Waals surface area contributed by atoms with Gasteiger partial charge in [-0.05, 0) is 37.3 Å². The number of rotatable bonds is 2. The van der Waals surface area contributed by atoms with Crippen LogP contribution in [0.3, 0.4) is 0 Å². The molecule has 0 saturated carbocycles. The SMILES string of the molecule is Cc1ccc([C@H]2SCCN2C(=O)Nc2cccc(Cl)c2)o1. The van der Waals surface area contributed by atoms with Crippen LogP contribution in [0, 0.1) is 6.92 Å². The summed E-state index contributed by atoms with van der Waals surface area (Å²) in [5.74, 6) is 2.57. The number of amides is 2. The molecule has 21 heavy (non-hydrogen) atoms. The lowest BCUT2D eigenvalue weighted by Gasteiger charge is -2.22. The molecular formula is C15H15ClN2O2S. The Morgan fingerprint density at radius 1 is 1.43 bits per heavy atom. The summed E-state index contributed by atoms with van der Waals surface area (Å²) in [7, 11) is 0. The largest absolute Gasteiger partial charge is 0.463 e. The molecule has 1 fully saturated rings. The van der Waals surface area contributed by atoms with Crippen LogP contribution < -0.4 is 5.32 Å². The molecule has 0 bridgehead atoms. The minimum absolute atomic E-state index is 0.0714. The van der Waals surface area contributed by atoms with E-state index in [1.165, 1.54) is 0 Å². The van der Waals surface area contributed by atoms with Gasteiger partial charge in [-0.2, -0.15) is 0 Å². The van der Waals surface area contributed by atoms with Crippen LogP contribution >= 0.6 is 23.4 Å². The van der Waals surface area contributed by atoms with E-state index in [4.69, 9.17) is 16.0 Å². The Kier molecular flexibility index (Phi) is 4.12. The van der Waals surface area contributed by atoms with E-state index in [1.54, 1.807) is 28.8 Å². The first-order chi connectivity index (χ1) is 10.1. The van der Waals surface area contributed by atoms with E-state index in [0.717, 1.165) is 17.3 Å². The number of nitrogens with one attached hydrogen (secondary N) is 1. The fraction of sp³-hybridized carbons (Fsp3) is 0.267. The smallest absolute Gasteiger partial charge is 0.323 e. The predicted octanol–water partition coefficient (Wildman–Crippen LogP) is 4.52. The van der Waals surface area contributed by atoms with Crippen molar-refractivity contribution in [2.75, 3.05) is 17.6 Å². The zero-order valence-electron chi connectivity index (χ0n) is 11.5. The quantitative estimate of drug-likeness (QED) is 0.884. The molecule has 0 unspecified atom stereocenters. The Balaban J connectivity index is 1.74. The first-order valence-electron chi connectivity index (χ1n) is 6.64. The number of nitrogens with zero attached hydrogens (tertiary/aromatic N) is 1. The molecule has 0 spiro atoms. The average Bonchev–Trinajstić information content (AvgIpc) is 3.06. The van der Waals surface area contributed by atoms with Crippen molar-refractivity contribution in [3.05, 3.63) is 52.9 Å². The van der Waals surface area contributed by atoms with Gasteiger partial charge in [0.1, 0.15) is 16.9 Å². The third-order valence-electron chi connectivity index (χ3n) is 3.23. The molecule has 1 aromatic carbocycles. The van der Waals surface area contributed by atoms with Crippen LogP contribution in [0.2, 0.25) is 5.02 Å². The van der Waals surface area contributed by atoms with Crippen molar-refractivity contribution in [3.8, 4) is 0 Å². The van der Waals surface area contributed by atoms with Gasteiger partial charge < -0.3 is 14.6 Å². The second-order valence-electron chi connectivity index (χ2n) is 4.81. The number of thioether (sulfide) groups is 1. The molecule has 3 rings (SSSR count). The van der Waals surface area contributed by atoms with Crippen LogP contribution in [0.1, 0.15) is 16.9 Å². The molecule has 1 aliphatic heterocycles. The zero-order valence-corrected chi connectivity index (χ0v) is 13.1. The van der Waals surface area contributed by atoms with E-state index < -0.39 is 0 Å². The van der Waals surface area contributed by atoms with Crippen LogP contribution in [-0.4, -0.2) is 23.2 Å². The summed E-state index contributed by atoms with van der Waals surface area (Å²) in [6.07, 6.45) is 0. The predicted molar refractivity (Wildman–Crippen MR) is 85.8 cm³/mol. The number of aryl methyl sites for hydroxylation is 1. The maximum atomic E-state index is 12.4. The maximum Gasteiger partial charge on any atom is 0.323 e. The van der Waals surface area contributed by atoms with Crippen molar-refractivity contribution in [2.24, 2.45) is 0 Å². The van der Waals surface area contributed by atoms with Gasteiger partial charge in [0.25, 0.3) is 0 Å². The number of carbonyl (C=O) groups excluding carboxylic acids is 1. The lowest BCUT2D eigenvalue weighted by Crippen LogP contribution is -2.34. The third-order valence-corrected chi connectivity index (χ3v) is 4.69. The third kappa shape index (κ3) is 3.19. The van der Waals surface area contributed by atoms with Crippen molar-refractivity contribution in [3.63, 3.8) is 0 Å². The maximum absolute atomic E-state index is 12.4. The van der Waals surface area contributed by atoms with Gasteiger partial charge in [-0.1, -0.05) is 17.7 Å². The number of benzene rings is 1. The van der Waals surface area contributed by atoms with Crippen LogP contribution in [0.15, 0.2) is 40.8 Å². The van der Waals surface area contributed by atoms with E-state index in [-0.39, 0.29) is 11.4 Å². The molecule has 1 saturated heterocycles. The molecule has 1 atom stereocenters. The summed E-state index contributed by atoms with van der Waals surface area (Å²) in [5.41, 5.74) is 0.693. The van der Waals surface area contributed by atoms with Crippen LogP contribution in [-0.2, 0) is 0 Å². The monoisotopic (exact) mass is 322 g/mol. The highest BCUT2D eigenvalue weighted by molar-refractivity contribution is 7.99. The van der Waals surface area contributed by atoms with Gasteiger partial charge in [-0.3, -0.25) is 0 Å². The van der Waals surface area contributed by atoms with Crippen LogP contribution in [0.4, 0.5) is 10.5 Å². The first-order valence-corrected chi connectivity index (χ1v) is 8.07. The molecule has 1 aromatic heterocycles. The number of furan rings is 1. The molecule has 2 aromatic rings. The van der Waals surface area contributed by atoms with Gasteiger partial charge in [0.2, 0.25) is 0 Å². The minimum Gasteiger partial charge on any atom is -0.463 e. The minimum atomic E-state index is -0.138. The Morgan fingerprint density at radius 3 is 3.00 bits per heavy atom. The zero-order chi connectivity index (χ0) is 14.8. The highest BCUT2D eigenvalue weighted by Crippen LogP contribution is 2.38. The molecule has 6 heteroatoms. The molecule has 0 aliphatic carbocycles. The van der Waals surface area contributed by atoms with E-state index in [9.17, 15) is 4.79 Å². The fourth-order valence-electron chi connectivity index (χ4n) is 2.26. The van der Waals surface area contributed by atoms with Crippen molar-refractivity contribution >= 4 is 35.1 Å². The summed E-state index contributed by atoms with van der Waals surface area (Å²) in [6.45, 7) is 2.60. The summed E-state index contributed by atoms with van der Waals surface area (Å²) in [6, 6.07) is 10.8. The molecule has 2 heterocycles. The molecule has 4 nitrogen and oxygen atoms in total. The standard InChI is InChI=1S/C15H15ClN2O2S/c1-10-5-6-13(20-10)14-18(7-8-21-14)15(19)17-12-4-2-3-11(16)9-12/h2-6,9,14H,7-8H2,1H3,(H,17,19)/t14-/m1/s1. The van der Waals surface area contributed by atoms with Crippen LogP contribution in [0.25, 0.3) is 0 Å². The number of hydrogen-bond acceptors (Lipinski definition) is 3. The normalized spacial score (nSPS) is 18.0. The first kappa shape index (κ1) is 14.4. The second-order valence-corrected chi connectivity index (χ2v) is 6.43. The van der Waals surface area contributed by atoms with Gasteiger partial charge in [0, 0.05) is 23.0 Å². The summed E-state index contributed by atoms with van der Waals surface area (Å²) in [4.78, 5) is 14.2. The molecular weight excluding hydrogens is 308 g/mol. The Hall–Kier alpha value is -1.59. The van der Waals surface area contributed by atoms with Gasteiger partial charge in [0.15, 0.2) is 0 Å². The van der Waals surface area contributed by atoms with E-state index in [1.807, 2.05) is 31.2 Å². The number of halogens is 1. The van der Waals surface area contributed by atoms with E-state index >= 15 is 0 Å². The lowest BCUT2D eigenvalue weighted by atomic mass is 10.3. The molecule has 0 radical (unpaired) electrons.